The van der Waals surface area contributed by atoms with Crippen molar-refractivity contribution in [2.24, 2.45) is 0 Å². The van der Waals surface area contributed by atoms with E-state index in [2.05, 4.69) is 27.3 Å². The van der Waals surface area contributed by atoms with Crippen LogP contribution in [0, 0.1) is 11.3 Å². The van der Waals surface area contributed by atoms with Crippen LogP contribution in [0.4, 0.5) is 5.69 Å². The zero-order chi connectivity index (χ0) is 12.3. The second-order valence-corrected chi connectivity index (χ2v) is 6.68. The standard InChI is InChI=1S/C12H13BrN2OS/c13-10-2-1-9(8-14)12(7-10)15-11-3-5-17(16)6-4-11/h1-2,7,11,15H,3-6H2. The Labute approximate surface area is 112 Å². The molecule has 0 aromatic heterocycles. The SMILES string of the molecule is N#Cc1ccc(Br)cc1NC1CCS(=O)CC1. The van der Waals surface area contributed by atoms with Gasteiger partial charge in [-0.15, -0.1) is 0 Å². The lowest BCUT2D eigenvalue weighted by molar-refractivity contribution is 0.624. The predicted octanol–water partition coefficient (Wildman–Crippen LogP) is 2.64. The lowest BCUT2D eigenvalue weighted by Gasteiger charge is -2.24. The van der Waals surface area contributed by atoms with Crippen LogP contribution in [0.3, 0.4) is 0 Å². The molecule has 1 aliphatic rings. The number of halogens is 1. The van der Waals surface area contributed by atoms with Crippen LogP contribution in [-0.2, 0) is 10.8 Å². The topological polar surface area (TPSA) is 52.9 Å². The van der Waals surface area contributed by atoms with E-state index in [1.165, 1.54) is 0 Å². The van der Waals surface area contributed by atoms with Gasteiger partial charge in [-0.25, -0.2) is 0 Å². The molecule has 1 aliphatic heterocycles. The first-order chi connectivity index (χ1) is 8.19. The fourth-order valence-corrected chi connectivity index (χ4v) is 3.55. The third-order valence-electron chi connectivity index (χ3n) is 2.85. The Bertz CT molecular complexity index is 474. The van der Waals surface area contributed by atoms with E-state index in [9.17, 15) is 4.21 Å². The van der Waals surface area contributed by atoms with Crippen LogP contribution in [-0.4, -0.2) is 21.8 Å². The quantitative estimate of drug-likeness (QED) is 0.913. The highest BCUT2D eigenvalue weighted by molar-refractivity contribution is 9.10. The molecule has 2 rings (SSSR count). The summed E-state index contributed by atoms with van der Waals surface area (Å²) in [5.41, 5.74) is 1.51. The number of anilines is 1. The summed E-state index contributed by atoms with van der Waals surface area (Å²) < 4.78 is 12.2. The van der Waals surface area contributed by atoms with Gasteiger partial charge in [-0.1, -0.05) is 15.9 Å². The molecule has 1 heterocycles. The van der Waals surface area contributed by atoms with Crippen LogP contribution in [0.5, 0.6) is 0 Å². The van der Waals surface area contributed by atoms with E-state index in [4.69, 9.17) is 5.26 Å². The molecule has 0 spiro atoms. The summed E-state index contributed by atoms with van der Waals surface area (Å²) in [5, 5.41) is 12.4. The molecule has 0 unspecified atom stereocenters. The number of benzene rings is 1. The molecule has 1 aromatic rings. The van der Waals surface area contributed by atoms with E-state index >= 15 is 0 Å². The van der Waals surface area contributed by atoms with Gasteiger partial charge in [0.05, 0.1) is 11.3 Å². The maximum Gasteiger partial charge on any atom is 0.101 e. The van der Waals surface area contributed by atoms with Gasteiger partial charge in [0, 0.05) is 32.8 Å². The van der Waals surface area contributed by atoms with Crippen molar-refractivity contribution in [3.63, 3.8) is 0 Å². The molecule has 0 saturated carbocycles. The average molecular weight is 313 g/mol. The van der Waals surface area contributed by atoms with Crippen molar-refractivity contribution in [1.82, 2.24) is 0 Å². The Hall–Kier alpha value is -0.860. The number of hydrogen-bond donors (Lipinski definition) is 1. The highest BCUT2D eigenvalue weighted by Crippen LogP contribution is 2.23. The molecule has 1 fully saturated rings. The highest BCUT2D eigenvalue weighted by atomic mass is 79.9. The number of nitrogens with zero attached hydrogens (tertiary/aromatic N) is 1. The minimum atomic E-state index is -0.645. The first kappa shape index (κ1) is 12.6. The molecule has 1 N–H and O–H groups in total. The molecular formula is C12H13BrN2OS. The van der Waals surface area contributed by atoms with Crippen LogP contribution in [0.25, 0.3) is 0 Å². The van der Waals surface area contributed by atoms with E-state index in [1.54, 1.807) is 6.07 Å². The first-order valence-electron chi connectivity index (χ1n) is 5.50. The normalized spacial score (nSPS) is 24.0. The molecule has 1 aromatic carbocycles. The summed E-state index contributed by atoms with van der Waals surface area (Å²) >= 11 is 3.40. The molecule has 0 atom stereocenters. The summed E-state index contributed by atoms with van der Waals surface area (Å²) in [5.74, 6) is 1.51. The van der Waals surface area contributed by atoms with Crippen molar-refractivity contribution < 1.29 is 4.21 Å². The van der Waals surface area contributed by atoms with Crippen LogP contribution in [0.1, 0.15) is 18.4 Å². The second-order valence-electron chi connectivity index (χ2n) is 4.07. The fraction of sp³-hybridized carbons (Fsp3) is 0.417. The second kappa shape index (κ2) is 5.65. The van der Waals surface area contributed by atoms with Crippen LogP contribution in [0.2, 0.25) is 0 Å². The molecule has 5 heteroatoms. The van der Waals surface area contributed by atoms with Crippen molar-refractivity contribution in [1.29, 1.82) is 5.26 Å². The Kier molecular flexibility index (Phi) is 4.19. The Morgan fingerprint density at radius 2 is 2.12 bits per heavy atom. The molecular weight excluding hydrogens is 300 g/mol. The Morgan fingerprint density at radius 1 is 1.41 bits per heavy atom. The van der Waals surface area contributed by atoms with Crippen molar-refractivity contribution in [2.75, 3.05) is 16.8 Å². The van der Waals surface area contributed by atoms with E-state index in [1.807, 2.05) is 12.1 Å². The summed E-state index contributed by atoms with van der Waals surface area (Å²) in [4.78, 5) is 0. The van der Waals surface area contributed by atoms with Gasteiger partial charge >= 0.3 is 0 Å². The van der Waals surface area contributed by atoms with E-state index in [-0.39, 0.29) is 0 Å². The van der Waals surface area contributed by atoms with Crippen molar-refractivity contribution in [2.45, 2.75) is 18.9 Å². The summed E-state index contributed by atoms with van der Waals surface area (Å²) in [6, 6.07) is 8.09. The third kappa shape index (κ3) is 3.30. The Balaban J connectivity index is 2.10. The average Bonchev–Trinajstić information content (AvgIpc) is 2.32. The maximum absolute atomic E-state index is 11.3. The minimum Gasteiger partial charge on any atom is -0.381 e. The van der Waals surface area contributed by atoms with Gasteiger partial charge in [-0.2, -0.15) is 5.26 Å². The van der Waals surface area contributed by atoms with Gasteiger partial charge in [0.25, 0.3) is 0 Å². The summed E-state index contributed by atoms with van der Waals surface area (Å²) in [6.45, 7) is 0. The molecule has 0 amide bonds. The molecule has 0 radical (unpaired) electrons. The van der Waals surface area contributed by atoms with Crippen LogP contribution < -0.4 is 5.32 Å². The third-order valence-corrected chi connectivity index (χ3v) is 4.73. The van der Waals surface area contributed by atoms with Gasteiger partial charge in [0.1, 0.15) is 6.07 Å². The van der Waals surface area contributed by atoms with E-state index in [0.717, 1.165) is 34.5 Å². The monoisotopic (exact) mass is 312 g/mol. The Morgan fingerprint density at radius 3 is 2.76 bits per heavy atom. The zero-order valence-corrected chi connectivity index (χ0v) is 11.7. The lowest BCUT2D eigenvalue weighted by Crippen LogP contribution is -2.29. The smallest absolute Gasteiger partial charge is 0.101 e. The number of nitriles is 1. The van der Waals surface area contributed by atoms with Gasteiger partial charge in [0.2, 0.25) is 0 Å². The van der Waals surface area contributed by atoms with Gasteiger partial charge < -0.3 is 5.32 Å². The van der Waals surface area contributed by atoms with E-state index in [0.29, 0.717) is 11.6 Å². The molecule has 17 heavy (non-hydrogen) atoms. The number of rotatable bonds is 2. The van der Waals surface area contributed by atoms with Crippen LogP contribution in [0.15, 0.2) is 22.7 Å². The molecule has 90 valence electrons. The van der Waals surface area contributed by atoms with Crippen molar-refractivity contribution >= 4 is 32.4 Å². The van der Waals surface area contributed by atoms with Crippen LogP contribution >= 0.6 is 15.9 Å². The molecule has 0 aliphatic carbocycles. The van der Waals surface area contributed by atoms with Crippen molar-refractivity contribution in [3.05, 3.63) is 28.2 Å². The number of nitrogens with one attached hydrogen (secondary N) is 1. The predicted molar refractivity (Wildman–Crippen MR) is 73.4 cm³/mol. The molecule has 1 saturated heterocycles. The lowest BCUT2D eigenvalue weighted by atomic mass is 10.1. The van der Waals surface area contributed by atoms with Gasteiger partial charge in [0.15, 0.2) is 0 Å². The zero-order valence-electron chi connectivity index (χ0n) is 9.28. The maximum atomic E-state index is 11.3. The first-order valence-corrected chi connectivity index (χ1v) is 7.78. The fourth-order valence-electron chi connectivity index (χ4n) is 1.89. The van der Waals surface area contributed by atoms with Gasteiger partial charge in [-0.05, 0) is 31.0 Å². The van der Waals surface area contributed by atoms with Gasteiger partial charge in [-0.3, -0.25) is 4.21 Å². The number of hydrogen-bond acceptors (Lipinski definition) is 3. The van der Waals surface area contributed by atoms with E-state index < -0.39 is 10.8 Å². The summed E-state index contributed by atoms with van der Waals surface area (Å²) in [7, 11) is -0.645. The minimum absolute atomic E-state index is 0.328. The molecule has 0 bridgehead atoms. The molecule has 3 nitrogen and oxygen atoms in total. The largest absolute Gasteiger partial charge is 0.381 e. The summed E-state index contributed by atoms with van der Waals surface area (Å²) in [6.07, 6.45) is 1.81. The highest BCUT2D eigenvalue weighted by Gasteiger charge is 2.18. The van der Waals surface area contributed by atoms with Crippen molar-refractivity contribution in [3.8, 4) is 6.07 Å².